The van der Waals surface area contributed by atoms with Crippen LogP contribution in [0.3, 0.4) is 0 Å². The van der Waals surface area contributed by atoms with Crippen LogP contribution in [0.5, 0.6) is 0 Å². The maximum Gasteiger partial charge on any atom is 0.303 e. The first-order valence-corrected chi connectivity index (χ1v) is 22.3. The highest BCUT2D eigenvalue weighted by atomic mass is 16.6. The summed E-state index contributed by atoms with van der Waals surface area (Å²) in [6.45, 7) is 40.6. The van der Waals surface area contributed by atoms with E-state index in [4.69, 9.17) is 66.3 Å². The number of hydrogen-bond donors (Lipinski definition) is 0. The minimum atomic E-state index is -0.564. The van der Waals surface area contributed by atoms with Gasteiger partial charge in [0.1, 0.15) is 25.4 Å². The molecule has 0 aromatic heterocycles. The predicted octanol–water partition coefficient (Wildman–Crippen LogP) is 7.04. The van der Waals surface area contributed by atoms with Crippen LogP contribution in [0.25, 0.3) is 0 Å². The first-order chi connectivity index (χ1) is 32.4. The third-order valence-electron chi connectivity index (χ3n) is 6.98. The summed E-state index contributed by atoms with van der Waals surface area (Å²) in [6, 6.07) is 0. The van der Waals surface area contributed by atoms with Gasteiger partial charge in [-0.3, -0.25) is 19.2 Å². The van der Waals surface area contributed by atoms with E-state index in [-0.39, 0.29) is 49.6 Å². The van der Waals surface area contributed by atoms with Gasteiger partial charge in [-0.15, -0.1) is 39.5 Å². The first kappa shape index (κ1) is 75.4. The highest BCUT2D eigenvalue weighted by Crippen LogP contribution is 2.00. The molecule has 0 radical (unpaired) electrons. The van der Waals surface area contributed by atoms with Crippen molar-refractivity contribution in [2.75, 3.05) is 121 Å². The Hall–Kier alpha value is -4.08. The first-order valence-electron chi connectivity index (χ1n) is 22.3. The second-order valence-electron chi connectivity index (χ2n) is 13.7. The van der Waals surface area contributed by atoms with Crippen molar-refractivity contribution in [1.29, 1.82) is 0 Å². The number of methoxy groups -OCH3 is 4. The van der Waals surface area contributed by atoms with Gasteiger partial charge in [0.25, 0.3) is 0 Å². The van der Waals surface area contributed by atoms with Gasteiger partial charge < -0.3 is 66.3 Å². The Labute approximate surface area is 410 Å². The van der Waals surface area contributed by atoms with Crippen LogP contribution in [-0.4, -0.2) is 181 Å². The van der Waals surface area contributed by atoms with E-state index in [0.717, 1.165) is 12.8 Å². The SMILES string of the molecule is C=CCOC(C)C.C=CCOC(CC)COC.C=CCOC(CC)COC(C)=O.C=CCOCC(COC(C)=O)OC(C)=O.C=CCOCC(COC)OC.C=CCOCC(COC)OC(C)=O. The Balaban J connectivity index is -0.000000172. The lowest BCUT2D eigenvalue weighted by atomic mass is 10.3. The van der Waals surface area contributed by atoms with E-state index in [1.807, 2.05) is 20.8 Å². The van der Waals surface area contributed by atoms with Gasteiger partial charge in [-0.05, 0) is 26.7 Å². The molecule has 0 N–H and O–H groups in total. The van der Waals surface area contributed by atoms with Crippen molar-refractivity contribution in [2.24, 2.45) is 0 Å². The summed E-state index contributed by atoms with van der Waals surface area (Å²) in [7, 11) is 6.50. The number of ether oxygens (including phenoxy) is 14. The maximum absolute atomic E-state index is 10.7. The molecule has 0 bridgehead atoms. The summed E-state index contributed by atoms with van der Waals surface area (Å²) < 4.78 is 70.1. The van der Waals surface area contributed by atoms with Crippen LogP contribution >= 0.6 is 0 Å². The van der Waals surface area contributed by atoms with Gasteiger partial charge in [-0.25, -0.2) is 0 Å². The Bertz CT molecular complexity index is 1200. The molecule has 400 valence electrons. The molecule has 0 aromatic rings. The van der Waals surface area contributed by atoms with Crippen molar-refractivity contribution in [3.8, 4) is 0 Å². The van der Waals surface area contributed by atoms with Gasteiger partial charge in [-0.1, -0.05) is 50.3 Å². The van der Waals surface area contributed by atoms with Crippen LogP contribution < -0.4 is 0 Å². The van der Waals surface area contributed by atoms with E-state index in [2.05, 4.69) is 46.4 Å². The van der Waals surface area contributed by atoms with Crippen molar-refractivity contribution in [3.05, 3.63) is 75.9 Å². The molecule has 18 nitrogen and oxygen atoms in total. The Kier molecular flexibility index (Phi) is 69.8. The molecule has 0 saturated heterocycles. The molecule has 0 amide bonds. The van der Waals surface area contributed by atoms with Crippen molar-refractivity contribution < 1.29 is 85.5 Å². The van der Waals surface area contributed by atoms with Gasteiger partial charge in [0.05, 0.1) is 97.6 Å². The molecular formula is C50H92O18. The predicted molar refractivity (Wildman–Crippen MR) is 266 cm³/mol. The van der Waals surface area contributed by atoms with Crippen LogP contribution in [-0.2, 0) is 85.5 Å². The summed E-state index contributed by atoms with van der Waals surface area (Å²) in [6.07, 6.45) is 11.6. The number of hydrogen-bond acceptors (Lipinski definition) is 18. The van der Waals surface area contributed by atoms with E-state index in [1.54, 1.807) is 64.9 Å². The van der Waals surface area contributed by atoms with E-state index in [0.29, 0.717) is 85.4 Å². The highest BCUT2D eigenvalue weighted by molar-refractivity contribution is 5.67. The fourth-order valence-corrected chi connectivity index (χ4v) is 3.95. The molecule has 0 saturated carbocycles. The molecule has 0 aliphatic rings. The van der Waals surface area contributed by atoms with Gasteiger partial charge in [0, 0.05) is 56.1 Å². The average molecular weight is 981 g/mol. The molecule has 0 rings (SSSR count). The summed E-state index contributed by atoms with van der Waals surface area (Å²) in [5, 5.41) is 0. The third kappa shape index (κ3) is 73.5. The molecule has 18 heteroatoms. The molecule has 0 spiro atoms. The zero-order valence-electron chi connectivity index (χ0n) is 43.8. The molecule has 5 atom stereocenters. The van der Waals surface area contributed by atoms with E-state index in [9.17, 15) is 19.2 Å². The molecule has 5 unspecified atom stereocenters. The van der Waals surface area contributed by atoms with Crippen molar-refractivity contribution in [2.45, 2.75) is 105 Å². The second kappa shape index (κ2) is 62.9. The smallest absolute Gasteiger partial charge is 0.303 e. The molecule has 0 aliphatic carbocycles. The zero-order valence-corrected chi connectivity index (χ0v) is 43.8. The summed E-state index contributed by atoms with van der Waals surface area (Å²) in [5.41, 5.74) is 0. The average Bonchev–Trinajstić information content (AvgIpc) is 3.29. The van der Waals surface area contributed by atoms with Crippen LogP contribution in [0.1, 0.15) is 68.2 Å². The third-order valence-corrected chi connectivity index (χ3v) is 6.98. The normalized spacial score (nSPS) is 12.0. The van der Waals surface area contributed by atoms with Gasteiger partial charge in [0.15, 0.2) is 6.10 Å². The fraction of sp³-hybridized carbons (Fsp3) is 0.680. The zero-order chi connectivity index (χ0) is 53.2. The highest BCUT2D eigenvalue weighted by Gasteiger charge is 2.14. The second-order valence-corrected chi connectivity index (χ2v) is 13.7. The summed E-state index contributed by atoms with van der Waals surface area (Å²) in [5.74, 6) is -1.45. The minimum Gasteiger partial charge on any atom is -0.463 e. The van der Waals surface area contributed by atoms with Gasteiger partial charge in [-0.2, -0.15) is 0 Å². The van der Waals surface area contributed by atoms with Crippen LogP contribution in [0.15, 0.2) is 75.9 Å². The van der Waals surface area contributed by atoms with Gasteiger partial charge in [0.2, 0.25) is 0 Å². The lowest BCUT2D eigenvalue weighted by molar-refractivity contribution is -0.159. The number of carbonyl (C=O) groups excluding carboxylic acids is 4. The van der Waals surface area contributed by atoms with Gasteiger partial charge >= 0.3 is 23.9 Å². The number of carbonyl (C=O) groups is 4. The van der Waals surface area contributed by atoms with Crippen molar-refractivity contribution in [3.63, 3.8) is 0 Å². The molecule has 0 fully saturated rings. The van der Waals surface area contributed by atoms with E-state index < -0.39 is 18.0 Å². The van der Waals surface area contributed by atoms with Crippen molar-refractivity contribution >= 4 is 23.9 Å². The topological polar surface area (TPSA) is 197 Å². The van der Waals surface area contributed by atoms with Crippen LogP contribution in [0, 0.1) is 0 Å². The molecule has 0 aromatic carbocycles. The van der Waals surface area contributed by atoms with E-state index >= 15 is 0 Å². The van der Waals surface area contributed by atoms with Crippen LogP contribution in [0.2, 0.25) is 0 Å². The molecule has 68 heavy (non-hydrogen) atoms. The molecule has 0 aliphatic heterocycles. The fourth-order valence-electron chi connectivity index (χ4n) is 3.95. The molecule has 0 heterocycles. The summed E-state index contributed by atoms with van der Waals surface area (Å²) in [4.78, 5) is 42.3. The van der Waals surface area contributed by atoms with Crippen molar-refractivity contribution in [1.82, 2.24) is 0 Å². The molecular weight excluding hydrogens is 889 g/mol. The lowest BCUT2D eigenvalue weighted by Crippen LogP contribution is -2.28. The largest absolute Gasteiger partial charge is 0.463 e. The Morgan fingerprint density at radius 2 is 0.691 bits per heavy atom. The van der Waals surface area contributed by atoms with E-state index in [1.165, 1.54) is 27.7 Å². The Morgan fingerprint density at radius 1 is 0.397 bits per heavy atom. The quantitative estimate of drug-likeness (QED) is 0.0268. The number of rotatable bonds is 36. The monoisotopic (exact) mass is 981 g/mol. The van der Waals surface area contributed by atoms with Crippen LogP contribution in [0.4, 0.5) is 0 Å². The lowest BCUT2D eigenvalue weighted by Gasteiger charge is -2.16. The standard InChI is InChI=1S/C10H16O5.C9H16O4.C9H16O3.C8H16O3.C8H16O2.C6H12O/c1-4-5-13-6-10(15-9(3)12)7-14-8(2)11;1-4-5-12-7-9(6-11-3)13-8(2)10;1-4-6-11-9(5-2)7-12-8(3)10;1-4-5-11-7-8(10-3)6-9-2;1-4-6-10-8(5-2)7-9-3;1-4-5-7-6(2)3/h4,10H,1,5-7H2,2-3H3;4,9H,1,5-7H2,2-3H3;4,9H,1,5-7H2,2-3H3;4,8H,1,5-7H2,2-3H3;4,8H,1,5-7H2,2-3H3;4,6H,1,5H2,2-3H3. The summed E-state index contributed by atoms with van der Waals surface area (Å²) >= 11 is 0. The Morgan fingerprint density at radius 3 is 0.971 bits per heavy atom. The maximum atomic E-state index is 10.7. The minimum absolute atomic E-state index is 0.00601. The number of esters is 4.